The predicted molar refractivity (Wildman–Crippen MR) is 109 cm³/mol. The summed E-state index contributed by atoms with van der Waals surface area (Å²) >= 11 is 1.63. The number of rotatable bonds is 4. The number of thiophene rings is 1. The zero-order valence-electron chi connectivity index (χ0n) is 15.3. The summed E-state index contributed by atoms with van der Waals surface area (Å²) in [6.07, 6.45) is 0.682. The highest BCUT2D eigenvalue weighted by molar-refractivity contribution is 7.08. The van der Waals surface area contributed by atoms with Crippen molar-refractivity contribution < 1.29 is 9.53 Å². The van der Waals surface area contributed by atoms with Crippen LogP contribution in [0.5, 0.6) is 5.75 Å². The molecular weight excluding hydrogens is 356 g/mol. The molecule has 1 aliphatic heterocycles. The third-order valence-corrected chi connectivity index (χ3v) is 5.51. The molecule has 1 amide bonds. The number of hydrogen-bond donors (Lipinski definition) is 0. The number of methoxy groups -OCH3 is 1. The summed E-state index contributed by atoms with van der Waals surface area (Å²) in [6, 6.07) is 17.4. The Balaban J connectivity index is 1.75. The zero-order chi connectivity index (χ0) is 18.8. The van der Waals surface area contributed by atoms with Crippen LogP contribution < -0.4 is 4.74 Å². The molecule has 27 heavy (non-hydrogen) atoms. The number of hydrogen-bond acceptors (Lipinski definition) is 4. The van der Waals surface area contributed by atoms with E-state index in [-0.39, 0.29) is 11.9 Å². The van der Waals surface area contributed by atoms with E-state index in [2.05, 4.69) is 5.38 Å². The second-order valence-corrected chi connectivity index (χ2v) is 7.30. The van der Waals surface area contributed by atoms with Gasteiger partial charge in [-0.3, -0.25) is 4.79 Å². The summed E-state index contributed by atoms with van der Waals surface area (Å²) in [7, 11) is 1.65. The van der Waals surface area contributed by atoms with Gasteiger partial charge in [-0.2, -0.15) is 16.4 Å². The van der Waals surface area contributed by atoms with E-state index in [9.17, 15) is 4.79 Å². The third-order valence-electron chi connectivity index (χ3n) is 4.83. The summed E-state index contributed by atoms with van der Waals surface area (Å²) in [4.78, 5) is 13.3. The summed E-state index contributed by atoms with van der Waals surface area (Å²) < 4.78 is 5.37. The van der Waals surface area contributed by atoms with E-state index < -0.39 is 0 Å². The molecule has 1 atom stereocenters. The number of nitrogens with zero attached hydrogens (tertiary/aromatic N) is 2. The number of benzene rings is 2. The number of aryl methyl sites for hydroxylation is 1. The fourth-order valence-electron chi connectivity index (χ4n) is 3.35. The van der Waals surface area contributed by atoms with Gasteiger partial charge in [-0.1, -0.05) is 30.3 Å². The van der Waals surface area contributed by atoms with Gasteiger partial charge in [0.15, 0.2) is 0 Å². The Morgan fingerprint density at radius 3 is 2.78 bits per heavy atom. The zero-order valence-corrected chi connectivity index (χ0v) is 16.1. The number of ether oxygens (including phenoxy) is 1. The SMILES string of the molecule is COc1cccc([C@@H]2CC(c3ccsc3)=NN2C(=O)c2ccccc2C)c1. The van der Waals surface area contributed by atoms with Gasteiger partial charge in [0.05, 0.1) is 18.9 Å². The summed E-state index contributed by atoms with van der Waals surface area (Å²) in [5.74, 6) is 0.700. The Morgan fingerprint density at radius 1 is 1.19 bits per heavy atom. The van der Waals surface area contributed by atoms with Gasteiger partial charge in [0.25, 0.3) is 5.91 Å². The number of amides is 1. The molecule has 4 nitrogen and oxygen atoms in total. The molecule has 2 aromatic carbocycles. The first kappa shape index (κ1) is 17.5. The highest BCUT2D eigenvalue weighted by Gasteiger charge is 2.34. The van der Waals surface area contributed by atoms with Gasteiger partial charge in [0, 0.05) is 17.5 Å². The molecule has 5 heteroatoms. The third kappa shape index (κ3) is 3.38. The van der Waals surface area contributed by atoms with Crippen molar-refractivity contribution in [2.24, 2.45) is 5.10 Å². The first-order chi connectivity index (χ1) is 13.2. The molecular formula is C22H20N2O2S. The van der Waals surface area contributed by atoms with Crippen LogP contribution >= 0.6 is 11.3 Å². The van der Waals surface area contributed by atoms with Gasteiger partial charge in [-0.05, 0) is 53.1 Å². The monoisotopic (exact) mass is 376 g/mol. The average Bonchev–Trinajstić information content (AvgIpc) is 3.37. The van der Waals surface area contributed by atoms with Crippen LogP contribution in [0.1, 0.15) is 39.5 Å². The molecule has 0 spiro atoms. The highest BCUT2D eigenvalue weighted by atomic mass is 32.1. The molecule has 0 saturated carbocycles. The Kier molecular flexibility index (Phi) is 4.77. The molecule has 0 N–H and O–H groups in total. The van der Waals surface area contributed by atoms with Crippen LogP contribution in [0, 0.1) is 6.92 Å². The van der Waals surface area contributed by atoms with E-state index in [0.717, 1.165) is 28.2 Å². The van der Waals surface area contributed by atoms with Crippen LogP contribution in [0.2, 0.25) is 0 Å². The van der Waals surface area contributed by atoms with Crippen molar-refractivity contribution in [2.45, 2.75) is 19.4 Å². The van der Waals surface area contributed by atoms with E-state index in [1.54, 1.807) is 23.5 Å². The molecule has 0 bridgehead atoms. The van der Waals surface area contributed by atoms with Gasteiger partial charge in [0.1, 0.15) is 5.75 Å². The van der Waals surface area contributed by atoms with E-state index in [4.69, 9.17) is 9.84 Å². The lowest BCUT2D eigenvalue weighted by Crippen LogP contribution is -2.27. The number of hydrazone groups is 1. The molecule has 1 aliphatic rings. The molecule has 0 radical (unpaired) electrons. The minimum Gasteiger partial charge on any atom is -0.497 e. The number of carbonyl (C=O) groups is 1. The number of carbonyl (C=O) groups excluding carboxylic acids is 1. The molecule has 2 heterocycles. The molecule has 3 aromatic rings. The maximum absolute atomic E-state index is 13.3. The van der Waals surface area contributed by atoms with Crippen molar-refractivity contribution in [3.63, 3.8) is 0 Å². The maximum atomic E-state index is 13.3. The van der Waals surface area contributed by atoms with Gasteiger partial charge < -0.3 is 4.74 Å². The lowest BCUT2D eigenvalue weighted by atomic mass is 9.98. The standard InChI is InChI=1S/C22H20N2O2S/c1-15-6-3-4-9-19(15)22(25)24-21(16-7-5-8-18(12-16)26-2)13-20(23-24)17-10-11-27-14-17/h3-12,14,21H,13H2,1-2H3/t21-/m0/s1. The van der Waals surface area contributed by atoms with Crippen LogP contribution in [-0.2, 0) is 0 Å². The highest BCUT2D eigenvalue weighted by Crippen LogP contribution is 2.35. The lowest BCUT2D eigenvalue weighted by molar-refractivity contribution is 0.0710. The average molecular weight is 376 g/mol. The molecule has 4 rings (SSSR count). The van der Waals surface area contributed by atoms with E-state index in [1.165, 1.54) is 0 Å². The smallest absolute Gasteiger partial charge is 0.274 e. The maximum Gasteiger partial charge on any atom is 0.274 e. The van der Waals surface area contributed by atoms with Crippen molar-refractivity contribution in [1.29, 1.82) is 0 Å². The molecule has 1 aromatic heterocycles. The Morgan fingerprint density at radius 2 is 2.04 bits per heavy atom. The molecule has 136 valence electrons. The fourth-order valence-corrected chi connectivity index (χ4v) is 4.01. The van der Waals surface area contributed by atoms with Gasteiger partial charge >= 0.3 is 0 Å². The molecule has 0 saturated heterocycles. The van der Waals surface area contributed by atoms with Gasteiger partial charge in [-0.25, -0.2) is 5.01 Å². The minimum atomic E-state index is -0.151. The van der Waals surface area contributed by atoms with Crippen molar-refractivity contribution >= 4 is 23.0 Å². The second kappa shape index (κ2) is 7.37. The summed E-state index contributed by atoms with van der Waals surface area (Å²) in [6.45, 7) is 1.95. The van der Waals surface area contributed by atoms with Crippen LogP contribution in [-0.4, -0.2) is 23.7 Å². The quantitative estimate of drug-likeness (QED) is 0.639. The summed E-state index contributed by atoms with van der Waals surface area (Å²) in [5.41, 5.74) is 4.66. The van der Waals surface area contributed by atoms with Crippen molar-refractivity contribution in [3.05, 3.63) is 87.6 Å². The Bertz CT molecular complexity index is 995. The van der Waals surface area contributed by atoms with Crippen LogP contribution in [0.3, 0.4) is 0 Å². The van der Waals surface area contributed by atoms with Gasteiger partial charge in [-0.15, -0.1) is 0 Å². The lowest BCUT2D eigenvalue weighted by Gasteiger charge is -2.23. The van der Waals surface area contributed by atoms with Crippen LogP contribution in [0.4, 0.5) is 0 Å². The van der Waals surface area contributed by atoms with Crippen LogP contribution in [0.15, 0.2) is 70.5 Å². The fraction of sp³-hybridized carbons (Fsp3) is 0.182. The predicted octanol–water partition coefficient (Wildman–Crippen LogP) is 5.06. The second-order valence-electron chi connectivity index (χ2n) is 6.52. The molecule has 0 fully saturated rings. The molecule has 0 aliphatic carbocycles. The van der Waals surface area contributed by atoms with Crippen molar-refractivity contribution in [3.8, 4) is 5.75 Å². The Labute approximate surface area is 162 Å². The van der Waals surface area contributed by atoms with E-state index in [1.807, 2.05) is 66.9 Å². The first-order valence-corrected chi connectivity index (χ1v) is 9.75. The minimum absolute atomic E-state index is 0.0776. The normalized spacial score (nSPS) is 16.3. The van der Waals surface area contributed by atoms with Gasteiger partial charge in [0.2, 0.25) is 0 Å². The first-order valence-electron chi connectivity index (χ1n) is 8.80. The van der Waals surface area contributed by atoms with E-state index in [0.29, 0.717) is 12.0 Å². The topological polar surface area (TPSA) is 41.9 Å². The summed E-state index contributed by atoms with van der Waals surface area (Å²) in [5, 5.41) is 10.5. The largest absolute Gasteiger partial charge is 0.497 e. The van der Waals surface area contributed by atoms with E-state index >= 15 is 0 Å². The molecule has 0 unspecified atom stereocenters. The van der Waals surface area contributed by atoms with Crippen molar-refractivity contribution in [1.82, 2.24) is 5.01 Å². The van der Waals surface area contributed by atoms with Crippen molar-refractivity contribution in [2.75, 3.05) is 7.11 Å². The Hall–Kier alpha value is -2.92. The van der Waals surface area contributed by atoms with Crippen LogP contribution in [0.25, 0.3) is 0 Å².